The van der Waals surface area contributed by atoms with Crippen LogP contribution >= 0.6 is 0 Å². The summed E-state index contributed by atoms with van der Waals surface area (Å²) in [6, 6.07) is 0.531. The summed E-state index contributed by atoms with van der Waals surface area (Å²) in [5.74, 6) is 1.74. The largest absolute Gasteiger partial charge is 0.385 e. The lowest BCUT2D eigenvalue weighted by molar-refractivity contribution is 0.00984. The van der Waals surface area contributed by atoms with Gasteiger partial charge in [-0.3, -0.25) is 4.99 Å². The fraction of sp³-hybridized carbons (Fsp3) is 0.950. The maximum atomic E-state index is 5.96. The third-order valence-electron chi connectivity index (χ3n) is 5.53. The molecule has 1 rings (SSSR count). The van der Waals surface area contributed by atoms with Crippen molar-refractivity contribution < 1.29 is 9.47 Å². The first-order valence-electron chi connectivity index (χ1n) is 10.3. The van der Waals surface area contributed by atoms with Crippen molar-refractivity contribution in [3.05, 3.63) is 0 Å². The SMILES string of the molecule is CCC(CC)C(CNC(=NC)N1CCC(OCCCOC)CC1)N(C)C. The van der Waals surface area contributed by atoms with E-state index in [1.807, 2.05) is 7.05 Å². The molecule has 0 radical (unpaired) electrons. The quantitative estimate of drug-likeness (QED) is 0.344. The molecule has 0 aliphatic carbocycles. The van der Waals surface area contributed by atoms with Crippen molar-refractivity contribution in [3.8, 4) is 0 Å². The van der Waals surface area contributed by atoms with Gasteiger partial charge in [0.1, 0.15) is 0 Å². The zero-order chi connectivity index (χ0) is 19.4. The van der Waals surface area contributed by atoms with E-state index in [4.69, 9.17) is 9.47 Å². The second-order valence-electron chi connectivity index (χ2n) is 7.44. The summed E-state index contributed by atoms with van der Waals surface area (Å²) < 4.78 is 11.0. The van der Waals surface area contributed by atoms with Crippen LogP contribution in [0.3, 0.4) is 0 Å². The van der Waals surface area contributed by atoms with Crippen molar-refractivity contribution in [2.24, 2.45) is 10.9 Å². The van der Waals surface area contributed by atoms with E-state index in [0.717, 1.165) is 58.1 Å². The minimum atomic E-state index is 0.375. The molecule has 1 saturated heterocycles. The maximum Gasteiger partial charge on any atom is 0.193 e. The van der Waals surface area contributed by atoms with E-state index >= 15 is 0 Å². The van der Waals surface area contributed by atoms with Crippen molar-refractivity contribution >= 4 is 5.96 Å². The van der Waals surface area contributed by atoms with Gasteiger partial charge in [-0.2, -0.15) is 0 Å². The summed E-state index contributed by atoms with van der Waals surface area (Å²) in [4.78, 5) is 9.24. The summed E-state index contributed by atoms with van der Waals surface area (Å²) in [6.45, 7) is 9.11. The minimum Gasteiger partial charge on any atom is -0.385 e. The van der Waals surface area contributed by atoms with Gasteiger partial charge in [-0.05, 0) is 39.3 Å². The fourth-order valence-electron chi connectivity index (χ4n) is 3.82. The maximum absolute atomic E-state index is 5.96. The standard InChI is InChI=1S/C20H42N4O2/c1-7-17(8-2)19(23(4)5)16-22-20(21-3)24-12-10-18(11-13-24)26-15-9-14-25-6/h17-19H,7-16H2,1-6H3,(H,21,22). The van der Waals surface area contributed by atoms with Gasteiger partial charge in [0.15, 0.2) is 5.96 Å². The molecule has 6 heteroatoms. The summed E-state index contributed by atoms with van der Waals surface area (Å²) in [5.41, 5.74) is 0. The highest BCUT2D eigenvalue weighted by Gasteiger charge is 2.24. The monoisotopic (exact) mass is 370 g/mol. The molecule has 0 aromatic heterocycles. The number of likely N-dealkylation sites (tertiary alicyclic amines) is 1. The van der Waals surface area contributed by atoms with Gasteiger partial charge in [-0.1, -0.05) is 26.7 Å². The lowest BCUT2D eigenvalue weighted by Gasteiger charge is -2.36. The van der Waals surface area contributed by atoms with Crippen LogP contribution in [0.1, 0.15) is 46.0 Å². The average molecular weight is 371 g/mol. The number of ether oxygens (including phenoxy) is 2. The molecule has 0 aromatic rings. The Morgan fingerprint density at radius 3 is 2.35 bits per heavy atom. The van der Waals surface area contributed by atoms with Gasteiger partial charge < -0.3 is 24.6 Å². The van der Waals surface area contributed by atoms with E-state index in [2.05, 4.69) is 48.1 Å². The molecule has 1 heterocycles. The van der Waals surface area contributed by atoms with Crippen LogP contribution in [-0.4, -0.2) is 89.0 Å². The Morgan fingerprint density at radius 2 is 1.85 bits per heavy atom. The lowest BCUT2D eigenvalue weighted by atomic mass is 9.93. The van der Waals surface area contributed by atoms with E-state index in [9.17, 15) is 0 Å². The molecular formula is C20H42N4O2. The summed E-state index contributed by atoms with van der Waals surface area (Å²) in [7, 11) is 7.98. The van der Waals surface area contributed by atoms with Gasteiger partial charge in [0.25, 0.3) is 0 Å². The number of aliphatic imine (C=N–C) groups is 1. The Morgan fingerprint density at radius 1 is 1.19 bits per heavy atom. The zero-order valence-corrected chi connectivity index (χ0v) is 18.0. The molecule has 26 heavy (non-hydrogen) atoms. The van der Waals surface area contributed by atoms with Crippen LogP contribution < -0.4 is 5.32 Å². The number of guanidine groups is 1. The van der Waals surface area contributed by atoms with Gasteiger partial charge in [0.2, 0.25) is 0 Å². The molecule has 1 aliphatic heterocycles. The summed E-state index contributed by atoms with van der Waals surface area (Å²) >= 11 is 0. The van der Waals surface area contributed by atoms with E-state index in [0.29, 0.717) is 18.1 Å². The molecular weight excluding hydrogens is 328 g/mol. The van der Waals surface area contributed by atoms with Gasteiger partial charge in [-0.25, -0.2) is 0 Å². The molecule has 0 amide bonds. The summed E-state index contributed by atoms with van der Waals surface area (Å²) in [6.07, 6.45) is 5.91. The first-order valence-corrected chi connectivity index (χ1v) is 10.3. The molecule has 154 valence electrons. The first-order chi connectivity index (χ1) is 12.6. The Labute approximate surface area is 161 Å². The number of piperidine rings is 1. The molecule has 1 aliphatic rings. The predicted molar refractivity (Wildman–Crippen MR) is 110 cm³/mol. The predicted octanol–water partition coefficient (Wildman–Crippen LogP) is 2.45. The highest BCUT2D eigenvalue weighted by molar-refractivity contribution is 5.80. The highest BCUT2D eigenvalue weighted by Crippen LogP contribution is 2.17. The number of methoxy groups -OCH3 is 1. The van der Waals surface area contributed by atoms with E-state index < -0.39 is 0 Å². The van der Waals surface area contributed by atoms with Gasteiger partial charge in [0, 0.05) is 53.0 Å². The van der Waals surface area contributed by atoms with E-state index in [-0.39, 0.29) is 0 Å². The van der Waals surface area contributed by atoms with Crippen molar-refractivity contribution in [3.63, 3.8) is 0 Å². The molecule has 1 fully saturated rings. The van der Waals surface area contributed by atoms with Crippen LogP contribution in [0.25, 0.3) is 0 Å². The topological polar surface area (TPSA) is 49.3 Å². The number of likely N-dealkylation sites (N-methyl/N-ethyl adjacent to an activating group) is 1. The second-order valence-corrected chi connectivity index (χ2v) is 7.44. The number of rotatable bonds is 11. The van der Waals surface area contributed by atoms with Crippen molar-refractivity contribution in [1.29, 1.82) is 0 Å². The molecule has 0 saturated carbocycles. The van der Waals surface area contributed by atoms with E-state index in [1.165, 1.54) is 12.8 Å². The number of nitrogens with one attached hydrogen (secondary N) is 1. The third kappa shape index (κ3) is 7.80. The van der Waals surface area contributed by atoms with Gasteiger partial charge >= 0.3 is 0 Å². The minimum absolute atomic E-state index is 0.375. The van der Waals surface area contributed by atoms with Crippen LogP contribution in [0.15, 0.2) is 4.99 Å². The highest BCUT2D eigenvalue weighted by atomic mass is 16.5. The number of nitrogens with zero attached hydrogens (tertiary/aromatic N) is 3. The van der Waals surface area contributed by atoms with Crippen LogP contribution in [0.2, 0.25) is 0 Å². The fourth-order valence-corrected chi connectivity index (χ4v) is 3.82. The second kappa shape index (κ2) is 13.3. The molecule has 1 unspecified atom stereocenters. The third-order valence-corrected chi connectivity index (χ3v) is 5.53. The Balaban J connectivity index is 2.42. The lowest BCUT2D eigenvalue weighted by Crippen LogP contribution is -2.51. The van der Waals surface area contributed by atoms with Crippen LogP contribution in [0.5, 0.6) is 0 Å². The molecule has 1 atom stereocenters. The van der Waals surface area contributed by atoms with Crippen LogP contribution in [0.4, 0.5) is 0 Å². The zero-order valence-electron chi connectivity index (χ0n) is 18.0. The van der Waals surface area contributed by atoms with Crippen molar-refractivity contribution in [2.45, 2.75) is 58.1 Å². The number of hydrogen-bond donors (Lipinski definition) is 1. The molecule has 0 bridgehead atoms. The Kier molecular flexibility index (Phi) is 11.9. The Bertz CT molecular complexity index is 378. The molecule has 6 nitrogen and oxygen atoms in total. The normalized spacial score (nSPS) is 18.0. The van der Waals surface area contributed by atoms with Crippen molar-refractivity contribution in [2.75, 3.05) is 61.1 Å². The summed E-state index contributed by atoms with van der Waals surface area (Å²) in [5, 5.41) is 3.62. The van der Waals surface area contributed by atoms with Crippen molar-refractivity contribution in [1.82, 2.24) is 15.1 Å². The van der Waals surface area contributed by atoms with Crippen LogP contribution in [-0.2, 0) is 9.47 Å². The molecule has 1 N–H and O–H groups in total. The van der Waals surface area contributed by atoms with Gasteiger partial charge in [0.05, 0.1) is 6.10 Å². The van der Waals surface area contributed by atoms with Crippen LogP contribution in [0, 0.1) is 5.92 Å². The average Bonchev–Trinajstić information content (AvgIpc) is 2.65. The molecule has 0 spiro atoms. The molecule has 0 aromatic carbocycles. The van der Waals surface area contributed by atoms with Gasteiger partial charge in [-0.15, -0.1) is 0 Å². The Hall–Kier alpha value is -0.850. The first kappa shape index (κ1) is 23.2. The smallest absolute Gasteiger partial charge is 0.193 e. The number of hydrogen-bond acceptors (Lipinski definition) is 4. The van der Waals surface area contributed by atoms with E-state index in [1.54, 1.807) is 7.11 Å².